The summed E-state index contributed by atoms with van der Waals surface area (Å²) in [6.45, 7) is 3.43. The fourth-order valence-corrected chi connectivity index (χ4v) is 0.778. The van der Waals surface area contributed by atoms with Gasteiger partial charge in [0.1, 0.15) is 5.01 Å². The van der Waals surface area contributed by atoms with Crippen LogP contribution in [-0.2, 0) is 0 Å². The van der Waals surface area contributed by atoms with E-state index in [0.717, 1.165) is 0 Å². The van der Waals surface area contributed by atoms with Gasteiger partial charge in [0, 0.05) is 0 Å². The first-order valence-corrected chi connectivity index (χ1v) is 2.82. The number of H-pyrrole nitrogens is 1. The van der Waals surface area contributed by atoms with Crippen molar-refractivity contribution in [2.75, 3.05) is 0 Å². The molecule has 0 unspecified atom stereocenters. The van der Waals surface area contributed by atoms with E-state index in [9.17, 15) is 4.79 Å². The summed E-state index contributed by atoms with van der Waals surface area (Å²) in [5.41, 5.74) is -0.301. The highest BCUT2D eigenvalue weighted by atomic mass is 32.1. The molecule has 3 nitrogen and oxygen atoms in total. The fraction of sp³-hybridized carbons (Fsp3) is 0. The van der Waals surface area contributed by atoms with Crippen molar-refractivity contribution < 1.29 is 0 Å². The van der Waals surface area contributed by atoms with E-state index in [0.29, 0.717) is 5.01 Å². The van der Waals surface area contributed by atoms with Crippen LogP contribution in [-0.4, -0.2) is 9.36 Å². The van der Waals surface area contributed by atoms with E-state index >= 15 is 0 Å². The van der Waals surface area contributed by atoms with Gasteiger partial charge in [-0.3, -0.25) is 4.37 Å². The molecule has 1 aromatic rings. The third-order valence-corrected chi connectivity index (χ3v) is 1.37. The first-order valence-electron chi connectivity index (χ1n) is 2.01. The van der Waals surface area contributed by atoms with Crippen LogP contribution in [0.25, 0.3) is 6.08 Å². The molecular weight excluding hydrogens is 124 g/mol. The maximum atomic E-state index is 10.2. The van der Waals surface area contributed by atoms with Crippen molar-refractivity contribution in [2.24, 2.45) is 0 Å². The molecule has 0 atom stereocenters. The molecule has 0 saturated heterocycles. The number of nitrogens with zero attached hydrogens (tertiary/aromatic N) is 1. The average molecular weight is 128 g/mol. The lowest BCUT2D eigenvalue weighted by molar-refractivity contribution is 1.20. The third-order valence-electron chi connectivity index (χ3n) is 0.629. The SMILES string of the molecule is C=Cc1nc(=O)[nH]s1. The lowest BCUT2D eigenvalue weighted by Crippen LogP contribution is -1.99. The van der Waals surface area contributed by atoms with Gasteiger partial charge in [0.05, 0.1) is 0 Å². The minimum atomic E-state index is -0.301. The van der Waals surface area contributed by atoms with Crippen molar-refractivity contribution in [3.63, 3.8) is 0 Å². The van der Waals surface area contributed by atoms with Crippen LogP contribution in [0.15, 0.2) is 11.4 Å². The molecule has 0 saturated carbocycles. The van der Waals surface area contributed by atoms with Crippen molar-refractivity contribution in [1.82, 2.24) is 9.36 Å². The molecule has 0 bridgehead atoms. The summed E-state index contributed by atoms with van der Waals surface area (Å²) in [7, 11) is 0. The van der Waals surface area contributed by atoms with Crippen LogP contribution in [0.4, 0.5) is 0 Å². The highest BCUT2D eigenvalue weighted by Crippen LogP contribution is 1.95. The van der Waals surface area contributed by atoms with Crippen LogP contribution in [0.2, 0.25) is 0 Å². The van der Waals surface area contributed by atoms with Crippen molar-refractivity contribution in [1.29, 1.82) is 0 Å². The Morgan fingerprint density at radius 2 is 2.62 bits per heavy atom. The van der Waals surface area contributed by atoms with E-state index in [-0.39, 0.29) is 5.69 Å². The van der Waals surface area contributed by atoms with Gasteiger partial charge in [-0.25, -0.2) is 4.79 Å². The van der Waals surface area contributed by atoms with Crippen molar-refractivity contribution >= 4 is 17.6 Å². The predicted octanol–water partition coefficient (Wildman–Crippen LogP) is 0.474. The maximum Gasteiger partial charge on any atom is 0.355 e. The van der Waals surface area contributed by atoms with E-state index in [1.54, 1.807) is 0 Å². The molecular formula is C4H4N2OS. The Kier molecular flexibility index (Phi) is 1.26. The molecule has 42 valence electrons. The van der Waals surface area contributed by atoms with Gasteiger partial charge >= 0.3 is 5.69 Å². The van der Waals surface area contributed by atoms with Gasteiger partial charge in [-0.2, -0.15) is 4.98 Å². The van der Waals surface area contributed by atoms with E-state index in [1.807, 2.05) is 0 Å². The Labute approximate surface area is 49.9 Å². The number of hydrogen-bond donors (Lipinski definition) is 1. The Bertz CT molecular complexity index is 236. The summed E-state index contributed by atoms with van der Waals surface area (Å²) in [6.07, 6.45) is 1.53. The number of aromatic amines is 1. The average Bonchev–Trinajstić information content (AvgIpc) is 2.14. The quantitative estimate of drug-likeness (QED) is 0.597. The van der Waals surface area contributed by atoms with Crippen molar-refractivity contribution in [3.8, 4) is 0 Å². The van der Waals surface area contributed by atoms with E-state index in [1.165, 1.54) is 17.6 Å². The summed E-state index contributed by atoms with van der Waals surface area (Å²) in [5, 5.41) is 0.634. The van der Waals surface area contributed by atoms with Gasteiger partial charge in [-0.1, -0.05) is 6.58 Å². The third kappa shape index (κ3) is 0.840. The van der Waals surface area contributed by atoms with Gasteiger partial charge in [0.25, 0.3) is 0 Å². The molecule has 0 aliphatic carbocycles. The molecule has 0 aliphatic heterocycles. The highest BCUT2D eigenvalue weighted by Gasteiger charge is 1.88. The molecule has 0 aliphatic rings. The molecule has 0 aromatic carbocycles. The molecule has 0 fully saturated rings. The first-order chi connectivity index (χ1) is 3.83. The standard InChI is InChI=1S/C4H4N2OS/c1-2-3-5-4(7)6-8-3/h2H,1H2,(H,6,7). The van der Waals surface area contributed by atoms with Crippen LogP contribution >= 0.6 is 11.5 Å². The summed E-state index contributed by atoms with van der Waals surface area (Å²) in [4.78, 5) is 13.8. The van der Waals surface area contributed by atoms with Gasteiger partial charge < -0.3 is 0 Å². The summed E-state index contributed by atoms with van der Waals surface area (Å²) in [6, 6.07) is 0. The molecule has 1 N–H and O–H groups in total. The van der Waals surface area contributed by atoms with Crippen LogP contribution in [0.5, 0.6) is 0 Å². The van der Waals surface area contributed by atoms with E-state index in [2.05, 4.69) is 15.9 Å². The van der Waals surface area contributed by atoms with Crippen molar-refractivity contribution in [3.05, 3.63) is 22.1 Å². The summed E-state index contributed by atoms with van der Waals surface area (Å²) < 4.78 is 2.42. The van der Waals surface area contributed by atoms with E-state index < -0.39 is 0 Å². The topological polar surface area (TPSA) is 45.8 Å². The second kappa shape index (κ2) is 1.92. The van der Waals surface area contributed by atoms with Crippen LogP contribution in [0.1, 0.15) is 5.01 Å². The number of rotatable bonds is 1. The summed E-state index contributed by atoms with van der Waals surface area (Å²) >= 11 is 1.18. The van der Waals surface area contributed by atoms with Gasteiger partial charge in [-0.15, -0.1) is 0 Å². The lowest BCUT2D eigenvalue weighted by atomic mass is 10.7. The Morgan fingerprint density at radius 1 is 1.88 bits per heavy atom. The normalized spacial score (nSPS) is 9.00. The fourth-order valence-electron chi connectivity index (χ4n) is 0.329. The molecule has 1 heterocycles. The monoisotopic (exact) mass is 128 g/mol. The molecule has 0 amide bonds. The second-order valence-electron chi connectivity index (χ2n) is 1.16. The largest absolute Gasteiger partial charge is 0.355 e. The Balaban J connectivity index is 3.18. The minimum absolute atomic E-state index is 0.301. The van der Waals surface area contributed by atoms with Crippen molar-refractivity contribution in [2.45, 2.75) is 0 Å². The van der Waals surface area contributed by atoms with Gasteiger partial charge in [-0.05, 0) is 17.6 Å². The smallest absolute Gasteiger partial charge is 0.259 e. The maximum absolute atomic E-state index is 10.2. The molecule has 4 heteroatoms. The second-order valence-corrected chi connectivity index (χ2v) is 1.99. The molecule has 0 spiro atoms. The number of hydrogen-bond acceptors (Lipinski definition) is 3. The Morgan fingerprint density at radius 3 is 2.88 bits per heavy atom. The summed E-state index contributed by atoms with van der Waals surface area (Å²) in [5.74, 6) is 0. The molecule has 8 heavy (non-hydrogen) atoms. The van der Waals surface area contributed by atoms with Gasteiger partial charge in [0.2, 0.25) is 0 Å². The highest BCUT2D eigenvalue weighted by molar-refractivity contribution is 7.06. The lowest BCUT2D eigenvalue weighted by Gasteiger charge is -1.67. The molecule has 1 aromatic heterocycles. The van der Waals surface area contributed by atoms with Crippen LogP contribution < -0.4 is 5.69 Å². The number of nitrogens with one attached hydrogen (secondary N) is 1. The zero-order valence-electron chi connectivity index (χ0n) is 4.05. The molecule has 1 rings (SSSR count). The first kappa shape index (κ1) is 5.24. The minimum Gasteiger partial charge on any atom is -0.259 e. The molecule has 0 radical (unpaired) electrons. The van der Waals surface area contributed by atoms with E-state index in [4.69, 9.17) is 0 Å². The van der Waals surface area contributed by atoms with Crippen LogP contribution in [0, 0.1) is 0 Å². The zero-order chi connectivity index (χ0) is 5.98. The predicted molar refractivity (Wildman–Crippen MR) is 32.8 cm³/mol. The van der Waals surface area contributed by atoms with Crippen LogP contribution in [0.3, 0.4) is 0 Å². The number of aromatic nitrogens is 2. The Hall–Kier alpha value is -0.900. The van der Waals surface area contributed by atoms with Gasteiger partial charge in [0.15, 0.2) is 0 Å². The zero-order valence-corrected chi connectivity index (χ0v) is 4.86.